The van der Waals surface area contributed by atoms with Crippen molar-refractivity contribution in [2.75, 3.05) is 5.73 Å². The first kappa shape index (κ1) is 8.49. The summed E-state index contributed by atoms with van der Waals surface area (Å²) in [6, 6.07) is 3.24. The van der Waals surface area contributed by atoms with Gasteiger partial charge in [0.25, 0.3) is 5.69 Å². The lowest BCUT2D eigenvalue weighted by Crippen LogP contribution is -1.90. The van der Waals surface area contributed by atoms with Gasteiger partial charge in [-0.3, -0.25) is 10.1 Å². The Hall–Kier alpha value is -2.11. The SMILES string of the molecule is Cc1cc([N+](=O)[O-])c2nc(N)[nH]c2c1. The molecule has 0 unspecified atom stereocenters. The molecule has 6 heteroatoms. The quantitative estimate of drug-likeness (QED) is 0.526. The molecule has 0 aliphatic carbocycles. The molecule has 0 atom stereocenters. The van der Waals surface area contributed by atoms with E-state index in [2.05, 4.69) is 9.97 Å². The molecular weight excluding hydrogens is 184 g/mol. The number of nitrogens with one attached hydrogen (secondary N) is 1. The van der Waals surface area contributed by atoms with Gasteiger partial charge in [0.05, 0.1) is 10.4 Å². The van der Waals surface area contributed by atoms with Crippen LogP contribution in [-0.4, -0.2) is 14.9 Å². The van der Waals surface area contributed by atoms with Crippen LogP contribution in [0.3, 0.4) is 0 Å². The van der Waals surface area contributed by atoms with Crippen LogP contribution in [0, 0.1) is 17.0 Å². The summed E-state index contributed by atoms with van der Waals surface area (Å²) in [4.78, 5) is 16.8. The van der Waals surface area contributed by atoms with Crippen molar-refractivity contribution in [3.05, 3.63) is 27.8 Å². The van der Waals surface area contributed by atoms with Gasteiger partial charge in [0.15, 0.2) is 11.5 Å². The number of aromatic amines is 1. The van der Waals surface area contributed by atoms with Gasteiger partial charge >= 0.3 is 0 Å². The molecule has 2 aromatic rings. The van der Waals surface area contributed by atoms with Crippen molar-refractivity contribution < 1.29 is 4.92 Å². The van der Waals surface area contributed by atoms with E-state index < -0.39 is 4.92 Å². The summed E-state index contributed by atoms with van der Waals surface area (Å²) in [5.41, 5.74) is 7.09. The number of nitrogens with two attached hydrogens (primary N) is 1. The Morgan fingerprint density at radius 3 is 2.93 bits per heavy atom. The summed E-state index contributed by atoms with van der Waals surface area (Å²) in [5.74, 6) is 0.189. The molecule has 0 aliphatic rings. The summed E-state index contributed by atoms with van der Waals surface area (Å²) in [5, 5.41) is 10.7. The Labute approximate surface area is 78.9 Å². The van der Waals surface area contributed by atoms with Crippen molar-refractivity contribution in [2.45, 2.75) is 6.92 Å². The molecule has 0 amide bonds. The maximum Gasteiger partial charge on any atom is 0.297 e. The van der Waals surface area contributed by atoms with Crippen molar-refractivity contribution in [1.29, 1.82) is 0 Å². The lowest BCUT2D eigenvalue weighted by atomic mass is 10.2. The zero-order valence-corrected chi connectivity index (χ0v) is 7.44. The van der Waals surface area contributed by atoms with Crippen molar-refractivity contribution in [3.8, 4) is 0 Å². The Morgan fingerprint density at radius 2 is 2.29 bits per heavy atom. The number of H-pyrrole nitrogens is 1. The molecule has 0 radical (unpaired) electrons. The first-order valence-electron chi connectivity index (χ1n) is 3.98. The van der Waals surface area contributed by atoms with Crippen molar-refractivity contribution in [1.82, 2.24) is 9.97 Å². The number of rotatable bonds is 1. The second-order valence-electron chi connectivity index (χ2n) is 3.06. The number of fused-ring (bicyclic) bond motifs is 1. The number of aryl methyl sites for hydroxylation is 1. The lowest BCUT2D eigenvalue weighted by molar-refractivity contribution is -0.383. The van der Waals surface area contributed by atoms with Crippen molar-refractivity contribution in [3.63, 3.8) is 0 Å². The highest BCUT2D eigenvalue weighted by molar-refractivity contribution is 5.86. The van der Waals surface area contributed by atoms with Crippen LogP contribution < -0.4 is 5.73 Å². The maximum atomic E-state index is 10.7. The van der Waals surface area contributed by atoms with Gasteiger partial charge in [0.1, 0.15) is 0 Å². The molecule has 1 aromatic heterocycles. The van der Waals surface area contributed by atoms with Gasteiger partial charge in [-0.05, 0) is 18.6 Å². The molecule has 1 aromatic carbocycles. The van der Waals surface area contributed by atoms with Crippen molar-refractivity contribution in [2.24, 2.45) is 0 Å². The molecule has 2 rings (SSSR count). The van der Waals surface area contributed by atoms with E-state index in [1.807, 2.05) is 0 Å². The molecule has 6 nitrogen and oxygen atoms in total. The number of anilines is 1. The number of hydrogen-bond acceptors (Lipinski definition) is 4. The molecule has 1 heterocycles. The summed E-state index contributed by atoms with van der Waals surface area (Å²) in [7, 11) is 0. The third-order valence-corrected chi connectivity index (χ3v) is 1.93. The van der Waals surface area contributed by atoms with E-state index in [9.17, 15) is 10.1 Å². The minimum atomic E-state index is -0.463. The van der Waals surface area contributed by atoms with E-state index in [0.717, 1.165) is 5.56 Å². The Bertz CT molecular complexity index is 517. The number of nitro groups is 1. The number of nitrogens with zero attached hydrogens (tertiary/aromatic N) is 2. The highest BCUT2D eigenvalue weighted by Crippen LogP contribution is 2.25. The lowest BCUT2D eigenvalue weighted by Gasteiger charge is -1.94. The zero-order valence-electron chi connectivity index (χ0n) is 7.44. The maximum absolute atomic E-state index is 10.7. The predicted octanol–water partition coefficient (Wildman–Crippen LogP) is 1.36. The topological polar surface area (TPSA) is 97.8 Å². The molecule has 3 N–H and O–H groups in total. The van der Waals surface area contributed by atoms with E-state index >= 15 is 0 Å². The number of hydrogen-bond donors (Lipinski definition) is 2. The average Bonchev–Trinajstić information content (AvgIpc) is 2.42. The number of aromatic nitrogens is 2. The predicted molar refractivity (Wildman–Crippen MR) is 51.9 cm³/mol. The summed E-state index contributed by atoms with van der Waals surface area (Å²) < 4.78 is 0. The van der Waals surface area contributed by atoms with Crippen LogP contribution in [0.4, 0.5) is 11.6 Å². The normalized spacial score (nSPS) is 10.6. The van der Waals surface area contributed by atoms with Crippen molar-refractivity contribution >= 4 is 22.7 Å². The first-order chi connectivity index (χ1) is 6.58. The molecule has 0 spiro atoms. The molecule has 0 bridgehead atoms. The zero-order chi connectivity index (χ0) is 10.3. The van der Waals surface area contributed by atoms with Crippen LogP contribution >= 0.6 is 0 Å². The number of nitro benzene ring substituents is 1. The van der Waals surface area contributed by atoms with Gasteiger partial charge in [0.2, 0.25) is 0 Å². The Balaban J connectivity index is 2.85. The van der Waals surface area contributed by atoms with Gasteiger partial charge in [-0.2, -0.15) is 0 Å². The number of nitrogen functional groups attached to an aromatic ring is 1. The fraction of sp³-hybridized carbons (Fsp3) is 0.125. The van der Waals surface area contributed by atoms with E-state index in [0.29, 0.717) is 11.0 Å². The summed E-state index contributed by atoms with van der Waals surface area (Å²) >= 11 is 0. The van der Waals surface area contributed by atoms with E-state index in [-0.39, 0.29) is 11.6 Å². The number of benzene rings is 1. The highest BCUT2D eigenvalue weighted by atomic mass is 16.6. The van der Waals surface area contributed by atoms with E-state index in [4.69, 9.17) is 5.73 Å². The van der Waals surface area contributed by atoms with Crippen LogP contribution in [0.2, 0.25) is 0 Å². The number of non-ortho nitro benzene ring substituents is 1. The summed E-state index contributed by atoms with van der Waals surface area (Å²) in [6.07, 6.45) is 0. The Kier molecular flexibility index (Phi) is 1.63. The smallest absolute Gasteiger partial charge is 0.297 e. The van der Waals surface area contributed by atoms with Gasteiger partial charge in [-0.25, -0.2) is 4.98 Å². The number of imidazole rings is 1. The largest absolute Gasteiger partial charge is 0.369 e. The third-order valence-electron chi connectivity index (χ3n) is 1.93. The van der Waals surface area contributed by atoms with Crippen LogP contribution in [0.15, 0.2) is 12.1 Å². The standard InChI is InChI=1S/C8H8N4O2/c1-4-2-5-7(11-8(9)10-5)6(3-4)12(13)14/h2-3H,1H3,(H3,9,10,11). The highest BCUT2D eigenvalue weighted by Gasteiger charge is 2.15. The summed E-state index contributed by atoms with van der Waals surface area (Å²) in [6.45, 7) is 1.78. The molecule has 72 valence electrons. The monoisotopic (exact) mass is 192 g/mol. The van der Waals surface area contributed by atoms with Crippen LogP contribution in [-0.2, 0) is 0 Å². The van der Waals surface area contributed by atoms with E-state index in [1.54, 1.807) is 13.0 Å². The molecule has 14 heavy (non-hydrogen) atoms. The van der Waals surface area contributed by atoms with Crippen LogP contribution in [0.25, 0.3) is 11.0 Å². The average molecular weight is 192 g/mol. The van der Waals surface area contributed by atoms with Gasteiger partial charge in [0, 0.05) is 6.07 Å². The minimum Gasteiger partial charge on any atom is -0.369 e. The Morgan fingerprint density at radius 1 is 1.57 bits per heavy atom. The molecule has 0 fully saturated rings. The first-order valence-corrected chi connectivity index (χ1v) is 3.98. The second kappa shape index (κ2) is 2.69. The fourth-order valence-corrected chi connectivity index (χ4v) is 1.40. The van der Waals surface area contributed by atoms with Crippen LogP contribution in [0.5, 0.6) is 0 Å². The van der Waals surface area contributed by atoms with Gasteiger partial charge < -0.3 is 10.7 Å². The van der Waals surface area contributed by atoms with Gasteiger partial charge in [-0.1, -0.05) is 0 Å². The second-order valence-corrected chi connectivity index (χ2v) is 3.06. The molecule has 0 saturated heterocycles. The van der Waals surface area contributed by atoms with Gasteiger partial charge in [-0.15, -0.1) is 0 Å². The van der Waals surface area contributed by atoms with E-state index in [1.165, 1.54) is 6.07 Å². The van der Waals surface area contributed by atoms with Crippen LogP contribution in [0.1, 0.15) is 5.56 Å². The molecule has 0 saturated carbocycles. The fourth-order valence-electron chi connectivity index (χ4n) is 1.40. The molecule has 0 aliphatic heterocycles. The minimum absolute atomic E-state index is 0.0204. The third kappa shape index (κ3) is 1.17. The molecular formula is C8H8N4O2.